The fourth-order valence-electron chi connectivity index (χ4n) is 2.97. The molecule has 1 atom stereocenters. The average molecular weight is 408 g/mol. The molecule has 2 N–H and O–H groups in total. The molecule has 150 valence electrons. The number of hydrogen-bond donors (Lipinski definition) is 2. The third-order valence-electron chi connectivity index (χ3n) is 4.48. The normalized spacial score (nSPS) is 11.8. The molecule has 0 fully saturated rings. The molecule has 1 aromatic heterocycles. The molecule has 0 saturated heterocycles. The van der Waals surface area contributed by atoms with Crippen molar-refractivity contribution in [1.29, 1.82) is 0 Å². The molecule has 2 amide bonds. The van der Waals surface area contributed by atoms with E-state index in [1.807, 2.05) is 62.4 Å². The second kappa shape index (κ2) is 9.98. The first kappa shape index (κ1) is 20.7. The van der Waals surface area contributed by atoms with Crippen LogP contribution in [0.4, 0.5) is 5.13 Å². The van der Waals surface area contributed by atoms with Gasteiger partial charge in [0, 0.05) is 17.5 Å². The fourth-order valence-corrected chi connectivity index (χ4v) is 3.82. The number of thiazole rings is 1. The third-order valence-corrected chi connectivity index (χ3v) is 5.39. The van der Waals surface area contributed by atoms with Crippen LogP contribution in [0.15, 0.2) is 66.9 Å². The lowest BCUT2D eigenvalue weighted by atomic mass is 10.0. The van der Waals surface area contributed by atoms with E-state index in [0.29, 0.717) is 5.13 Å². The quantitative estimate of drug-likeness (QED) is 0.592. The number of nitrogens with zero attached hydrogens (tertiary/aromatic N) is 1. The van der Waals surface area contributed by atoms with E-state index in [2.05, 4.69) is 27.8 Å². The highest BCUT2D eigenvalue weighted by molar-refractivity contribution is 7.15. The van der Waals surface area contributed by atoms with Gasteiger partial charge in [0.1, 0.15) is 6.04 Å². The number of aromatic nitrogens is 1. The van der Waals surface area contributed by atoms with Crippen molar-refractivity contribution >= 4 is 28.3 Å². The van der Waals surface area contributed by atoms with E-state index in [9.17, 15) is 9.59 Å². The van der Waals surface area contributed by atoms with Gasteiger partial charge in [0.15, 0.2) is 5.13 Å². The van der Waals surface area contributed by atoms with E-state index in [1.165, 1.54) is 16.9 Å². The van der Waals surface area contributed by atoms with Crippen LogP contribution in [-0.4, -0.2) is 22.8 Å². The maximum absolute atomic E-state index is 12.8. The average Bonchev–Trinajstić information content (AvgIpc) is 3.14. The molecule has 2 aromatic carbocycles. The molecule has 0 radical (unpaired) electrons. The topological polar surface area (TPSA) is 71.1 Å². The Morgan fingerprint density at radius 2 is 1.59 bits per heavy atom. The lowest BCUT2D eigenvalue weighted by Crippen LogP contribution is -2.47. The molecule has 0 spiro atoms. The zero-order chi connectivity index (χ0) is 20.6. The first-order valence-electron chi connectivity index (χ1n) is 9.64. The van der Waals surface area contributed by atoms with E-state index in [1.54, 1.807) is 6.20 Å². The lowest BCUT2D eigenvalue weighted by Gasteiger charge is -2.21. The molecule has 0 aliphatic rings. The van der Waals surface area contributed by atoms with Gasteiger partial charge in [0.25, 0.3) is 0 Å². The van der Waals surface area contributed by atoms with Gasteiger partial charge in [-0.1, -0.05) is 74.5 Å². The van der Waals surface area contributed by atoms with Crippen molar-refractivity contribution in [2.24, 2.45) is 5.92 Å². The summed E-state index contributed by atoms with van der Waals surface area (Å²) in [6, 6.07) is 19.0. The number of benzene rings is 2. The van der Waals surface area contributed by atoms with Gasteiger partial charge in [0.05, 0.1) is 6.42 Å². The molecule has 29 heavy (non-hydrogen) atoms. The molecular weight excluding hydrogens is 382 g/mol. The summed E-state index contributed by atoms with van der Waals surface area (Å²) in [7, 11) is 0. The number of carbonyl (C=O) groups excluding carboxylic acids is 2. The smallest absolute Gasteiger partial charge is 0.248 e. The van der Waals surface area contributed by atoms with Crippen molar-refractivity contribution in [3.8, 4) is 0 Å². The Hall–Kier alpha value is -2.99. The van der Waals surface area contributed by atoms with Crippen molar-refractivity contribution in [2.45, 2.75) is 32.7 Å². The summed E-state index contributed by atoms with van der Waals surface area (Å²) in [6.45, 7) is 3.82. The zero-order valence-corrected chi connectivity index (χ0v) is 17.4. The fraction of sp³-hybridized carbons (Fsp3) is 0.261. The van der Waals surface area contributed by atoms with Crippen molar-refractivity contribution in [3.05, 3.63) is 82.9 Å². The minimum atomic E-state index is -0.618. The Morgan fingerprint density at radius 3 is 2.21 bits per heavy atom. The van der Waals surface area contributed by atoms with Gasteiger partial charge in [-0.05, 0) is 17.0 Å². The number of rotatable bonds is 8. The van der Waals surface area contributed by atoms with Crippen molar-refractivity contribution < 1.29 is 9.59 Å². The number of nitrogens with one attached hydrogen (secondary N) is 2. The number of anilines is 1. The molecule has 0 aliphatic heterocycles. The standard InChI is InChI=1S/C23H25N3O2S/c1-16(2)21(25-20(27)14-18-11-7-4-8-12-18)22(28)26-23-24-15-19(29-23)13-17-9-5-3-6-10-17/h3-12,15-16,21H,13-14H2,1-2H3,(H,25,27)(H,24,26,28). The highest BCUT2D eigenvalue weighted by atomic mass is 32.1. The van der Waals surface area contributed by atoms with Crippen LogP contribution in [0.25, 0.3) is 0 Å². The van der Waals surface area contributed by atoms with Crippen LogP contribution in [0.5, 0.6) is 0 Å². The molecule has 3 rings (SSSR count). The summed E-state index contributed by atoms with van der Waals surface area (Å²) in [5.74, 6) is -0.463. The number of hydrogen-bond acceptors (Lipinski definition) is 4. The van der Waals surface area contributed by atoms with E-state index < -0.39 is 6.04 Å². The maximum Gasteiger partial charge on any atom is 0.248 e. The van der Waals surface area contributed by atoms with Gasteiger partial charge in [0.2, 0.25) is 11.8 Å². The molecular formula is C23H25N3O2S. The summed E-state index contributed by atoms with van der Waals surface area (Å²) in [4.78, 5) is 30.5. The lowest BCUT2D eigenvalue weighted by molar-refractivity contribution is -0.127. The van der Waals surface area contributed by atoms with Crippen LogP contribution < -0.4 is 10.6 Å². The second-order valence-corrected chi connectivity index (χ2v) is 8.35. The summed E-state index contributed by atoms with van der Waals surface area (Å²) in [6.07, 6.45) is 2.80. The van der Waals surface area contributed by atoms with E-state index in [0.717, 1.165) is 16.9 Å². The predicted octanol–water partition coefficient (Wildman–Crippen LogP) is 4.06. The van der Waals surface area contributed by atoms with Crippen LogP contribution in [0, 0.1) is 5.92 Å². The van der Waals surface area contributed by atoms with Crippen LogP contribution in [-0.2, 0) is 22.4 Å². The Labute approximate surface area is 175 Å². The summed E-state index contributed by atoms with van der Waals surface area (Å²) in [5, 5.41) is 6.26. The number of carbonyl (C=O) groups is 2. The molecule has 6 heteroatoms. The first-order valence-corrected chi connectivity index (χ1v) is 10.5. The monoisotopic (exact) mass is 407 g/mol. The van der Waals surface area contributed by atoms with Gasteiger partial charge in [-0.15, -0.1) is 11.3 Å². The van der Waals surface area contributed by atoms with Crippen LogP contribution in [0.2, 0.25) is 0 Å². The largest absolute Gasteiger partial charge is 0.344 e. The van der Waals surface area contributed by atoms with Crippen molar-refractivity contribution in [2.75, 3.05) is 5.32 Å². The van der Waals surface area contributed by atoms with Crippen molar-refractivity contribution in [3.63, 3.8) is 0 Å². The highest BCUT2D eigenvalue weighted by Gasteiger charge is 2.25. The molecule has 5 nitrogen and oxygen atoms in total. The Balaban J connectivity index is 1.59. The van der Waals surface area contributed by atoms with Crippen LogP contribution in [0.3, 0.4) is 0 Å². The second-order valence-electron chi connectivity index (χ2n) is 7.23. The van der Waals surface area contributed by atoms with Crippen molar-refractivity contribution in [1.82, 2.24) is 10.3 Å². The molecule has 0 aliphatic carbocycles. The SMILES string of the molecule is CC(C)C(NC(=O)Cc1ccccc1)C(=O)Nc1ncc(Cc2ccccc2)s1. The molecule has 1 unspecified atom stereocenters. The number of amides is 2. The minimum Gasteiger partial charge on any atom is -0.344 e. The maximum atomic E-state index is 12.8. The highest BCUT2D eigenvalue weighted by Crippen LogP contribution is 2.21. The van der Waals surface area contributed by atoms with E-state index in [-0.39, 0.29) is 24.2 Å². The first-order chi connectivity index (χ1) is 14.0. The molecule has 3 aromatic rings. The van der Waals surface area contributed by atoms with Gasteiger partial charge in [-0.2, -0.15) is 0 Å². The summed E-state index contributed by atoms with van der Waals surface area (Å²) >= 11 is 1.45. The Morgan fingerprint density at radius 1 is 0.966 bits per heavy atom. The zero-order valence-electron chi connectivity index (χ0n) is 16.6. The van der Waals surface area contributed by atoms with Gasteiger partial charge < -0.3 is 10.6 Å². The third kappa shape index (κ3) is 6.26. The van der Waals surface area contributed by atoms with E-state index in [4.69, 9.17) is 0 Å². The molecule has 0 saturated carbocycles. The predicted molar refractivity (Wildman–Crippen MR) is 117 cm³/mol. The van der Waals surface area contributed by atoms with Gasteiger partial charge in [-0.3, -0.25) is 9.59 Å². The Kier molecular flexibility index (Phi) is 7.14. The molecule has 0 bridgehead atoms. The van der Waals surface area contributed by atoms with Gasteiger partial charge in [-0.25, -0.2) is 4.98 Å². The van der Waals surface area contributed by atoms with Gasteiger partial charge >= 0.3 is 0 Å². The van der Waals surface area contributed by atoms with Crippen LogP contribution in [0.1, 0.15) is 29.9 Å². The van der Waals surface area contributed by atoms with E-state index >= 15 is 0 Å². The minimum absolute atomic E-state index is 0.0431. The summed E-state index contributed by atoms with van der Waals surface area (Å²) in [5.41, 5.74) is 2.11. The summed E-state index contributed by atoms with van der Waals surface area (Å²) < 4.78 is 0. The molecule has 1 heterocycles. The Bertz CT molecular complexity index is 939. The van der Waals surface area contributed by atoms with Crippen LogP contribution >= 0.6 is 11.3 Å².